The van der Waals surface area contributed by atoms with Crippen LogP contribution in [0.15, 0.2) is 59.1 Å². The minimum absolute atomic E-state index is 0.0165. The Labute approximate surface area is 158 Å². The average molecular weight is 387 g/mol. The number of aliphatic imine (C=N–C) groups is 1. The third kappa shape index (κ3) is 3.06. The summed E-state index contributed by atoms with van der Waals surface area (Å²) >= 11 is 5.93. The first-order valence-electron chi connectivity index (χ1n) is 8.61. The van der Waals surface area contributed by atoms with E-state index >= 15 is 0 Å². The SMILES string of the molecule is CC1=C(c2ccc(Cl)cc2)S(=O)(=O)NC1=N[C@H]1CCCc2ccccc21. The Balaban J connectivity index is 1.77. The highest BCUT2D eigenvalue weighted by molar-refractivity contribution is 8.00. The van der Waals surface area contributed by atoms with Gasteiger partial charge in [0, 0.05) is 10.6 Å². The van der Waals surface area contributed by atoms with Gasteiger partial charge in [-0.05, 0) is 55.0 Å². The number of nitrogens with zero attached hydrogens (tertiary/aromatic N) is 1. The second-order valence-corrected chi connectivity index (χ2v) is 8.71. The number of benzene rings is 2. The topological polar surface area (TPSA) is 58.5 Å². The van der Waals surface area contributed by atoms with Gasteiger partial charge in [0.1, 0.15) is 10.7 Å². The molecule has 1 N–H and O–H groups in total. The van der Waals surface area contributed by atoms with E-state index in [2.05, 4.69) is 16.9 Å². The third-order valence-electron chi connectivity index (χ3n) is 4.92. The lowest BCUT2D eigenvalue weighted by atomic mass is 9.88. The molecule has 1 aliphatic carbocycles. The predicted molar refractivity (Wildman–Crippen MR) is 106 cm³/mol. The Hall–Kier alpha value is -2.11. The normalized spacial score (nSPS) is 23.0. The van der Waals surface area contributed by atoms with Crippen molar-refractivity contribution >= 4 is 32.4 Å². The van der Waals surface area contributed by atoms with Crippen LogP contribution in [0.4, 0.5) is 0 Å². The Morgan fingerprint density at radius 3 is 2.62 bits per heavy atom. The molecule has 4 nitrogen and oxygen atoms in total. The summed E-state index contributed by atoms with van der Waals surface area (Å²) in [6.07, 6.45) is 3.03. The maximum Gasteiger partial charge on any atom is 0.264 e. The highest BCUT2D eigenvalue weighted by atomic mass is 35.5. The monoisotopic (exact) mass is 386 g/mol. The number of aryl methyl sites for hydroxylation is 1. The lowest BCUT2D eigenvalue weighted by Gasteiger charge is -2.22. The van der Waals surface area contributed by atoms with E-state index in [1.807, 2.05) is 12.1 Å². The molecule has 26 heavy (non-hydrogen) atoms. The molecule has 0 saturated carbocycles. The lowest BCUT2D eigenvalue weighted by Crippen LogP contribution is -2.24. The second-order valence-electron chi connectivity index (χ2n) is 6.65. The van der Waals surface area contributed by atoms with Crippen LogP contribution in [0.1, 0.15) is 42.5 Å². The number of nitrogens with one attached hydrogen (secondary N) is 1. The van der Waals surface area contributed by atoms with Crippen LogP contribution in [0, 0.1) is 0 Å². The summed E-state index contributed by atoms with van der Waals surface area (Å²) in [7, 11) is -3.62. The van der Waals surface area contributed by atoms with Gasteiger partial charge in [-0.2, -0.15) is 0 Å². The molecule has 0 amide bonds. The minimum atomic E-state index is -3.62. The zero-order valence-corrected chi connectivity index (χ0v) is 15.9. The van der Waals surface area contributed by atoms with Gasteiger partial charge in [0.25, 0.3) is 10.0 Å². The van der Waals surface area contributed by atoms with Gasteiger partial charge in [-0.1, -0.05) is 48.0 Å². The summed E-state index contributed by atoms with van der Waals surface area (Å²) < 4.78 is 28.0. The van der Waals surface area contributed by atoms with Crippen LogP contribution in [0.3, 0.4) is 0 Å². The summed E-state index contributed by atoms with van der Waals surface area (Å²) in [4.78, 5) is 5.06. The van der Waals surface area contributed by atoms with Crippen molar-refractivity contribution in [3.8, 4) is 0 Å². The summed E-state index contributed by atoms with van der Waals surface area (Å²) in [5, 5.41) is 0.572. The Morgan fingerprint density at radius 1 is 1.12 bits per heavy atom. The van der Waals surface area contributed by atoms with Crippen molar-refractivity contribution in [3.05, 3.63) is 75.8 Å². The Bertz CT molecular complexity index is 1020. The van der Waals surface area contributed by atoms with Gasteiger partial charge >= 0.3 is 0 Å². The highest BCUT2D eigenvalue weighted by Gasteiger charge is 2.33. The van der Waals surface area contributed by atoms with E-state index in [0.29, 0.717) is 22.0 Å². The van der Waals surface area contributed by atoms with E-state index in [4.69, 9.17) is 16.6 Å². The number of halogens is 1. The number of amidine groups is 1. The van der Waals surface area contributed by atoms with Crippen LogP contribution in [0.2, 0.25) is 5.02 Å². The molecule has 0 bridgehead atoms. The maximum atomic E-state index is 12.7. The largest absolute Gasteiger partial charge is 0.264 e. The van der Waals surface area contributed by atoms with Gasteiger partial charge in [0.2, 0.25) is 0 Å². The molecular formula is C20H19ClN2O2S. The maximum absolute atomic E-state index is 12.7. The van der Waals surface area contributed by atoms with E-state index < -0.39 is 10.0 Å². The van der Waals surface area contributed by atoms with Crippen LogP contribution in [-0.2, 0) is 16.4 Å². The van der Waals surface area contributed by atoms with Crippen molar-refractivity contribution < 1.29 is 8.42 Å². The van der Waals surface area contributed by atoms with E-state index in [1.165, 1.54) is 11.1 Å². The molecule has 1 heterocycles. The summed E-state index contributed by atoms with van der Waals surface area (Å²) in [5.41, 5.74) is 3.76. The van der Waals surface area contributed by atoms with Crippen molar-refractivity contribution in [2.75, 3.05) is 0 Å². The predicted octanol–water partition coefficient (Wildman–Crippen LogP) is 4.48. The number of fused-ring (bicyclic) bond motifs is 1. The smallest absolute Gasteiger partial charge is 0.263 e. The van der Waals surface area contributed by atoms with Gasteiger partial charge in [0.05, 0.1) is 6.04 Å². The quantitative estimate of drug-likeness (QED) is 0.827. The van der Waals surface area contributed by atoms with Gasteiger partial charge in [-0.25, -0.2) is 8.42 Å². The van der Waals surface area contributed by atoms with Crippen molar-refractivity contribution in [2.45, 2.75) is 32.2 Å². The van der Waals surface area contributed by atoms with E-state index in [9.17, 15) is 8.42 Å². The third-order valence-corrected chi connectivity index (χ3v) is 6.72. The number of hydrogen-bond acceptors (Lipinski definition) is 3. The number of sulfonamides is 1. The zero-order chi connectivity index (χ0) is 18.3. The fourth-order valence-corrected chi connectivity index (χ4v) is 5.31. The molecule has 134 valence electrons. The first-order valence-corrected chi connectivity index (χ1v) is 10.5. The van der Waals surface area contributed by atoms with Crippen molar-refractivity contribution in [3.63, 3.8) is 0 Å². The molecule has 0 unspecified atom stereocenters. The molecule has 6 heteroatoms. The standard InChI is InChI=1S/C20H19ClN2O2S/c1-13-19(15-9-11-16(21)12-10-15)26(24,25)23-20(13)22-18-8-4-6-14-5-2-3-7-17(14)18/h2-3,5,7,9-12,18H,4,6,8H2,1H3,(H,22,23)/t18-/m0/s1. The van der Waals surface area contributed by atoms with E-state index in [1.54, 1.807) is 31.2 Å². The Kier molecular flexibility index (Phi) is 4.37. The molecule has 2 aromatic carbocycles. The van der Waals surface area contributed by atoms with Gasteiger partial charge in [-0.3, -0.25) is 9.71 Å². The molecule has 0 aromatic heterocycles. The minimum Gasteiger partial charge on any atom is -0.263 e. The van der Waals surface area contributed by atoms with E-state index in [-0.39, 0.29) is 10.9 Å². The Morgan fingerprint density at radius 2 is 1.85 bits per heavy atom. The van der Waals surface area contributed by atoms with Gasteiger partial charge in [0.15, 0.2) is 0 Å². The number of hydrogen-bond donors (Lipinski definition) is 1. The van der Waals surface area contributed by atoms with Crippen LogP contribution in [-0.4, -0.2) is 14.3 Å². The first-order chi connectivity index (χ1) is 12.5. The van der Waals surface area contributed by atoms with Crippen LogP contribution in [0.5, 0.6) is 0 Å². The molecule has 0 spiro atoms. The lowest BCUT2D eigenvalue weighted by molar-refractivity contribution is 0.571. The fraction of sp³-hybridized carbons (Fsp3) is 0.250. The molecule has 2 aromatic rings. The molecule has 0 fully saturated rings. The summed E-state index contributed by atoms with van der Waals surface area (Å²) in [6.45, 7) is 1.80. The summed E-state index contributed by atoms with van der Waals surface area (Å²) in [6, 6.07) is 15.1. The van der Waals surface area contributed by atoms with Crippen molar-refractivity contribution in [1.82, 2.24) is 4.72 Å². The van der Waals surface area contributed by atoms with Gasteiger partial charge < -0.3 is 0 Å². The summed E-state index contributed by atoms with van der Waals surface area (Å²) in [5.74, 6) is 0.441. The van der Waals surface area contributed by atoms with E-state index in [0.717, 1.165) is 19.3 Å². The highest BCUT2D eigenvalue weighted by Crippen LogP contribution is 2.35. The fourth-order valence-electron chi connectivity index (χ4n) is 3.68. The zero-order valence-electron chi connectivity index (χ0n) is 14.4. The first kappa shape index (κ1) is 17.3. The molecule has 0 radical (unpaired) electrons. The molecule has 4 rings (SSSR count). The van der Waals surface area contributed by atoms with Gasteiger partial charge in [-0.15, -0.1) is 0 Å². The average Bonchev–Trinajstić information content (AvgIpc) is 2.85. The van der Waals surface area contributed by atoms with Crippen molar-refractivity contribution in [2.24, 2.45) is 4.99 Å². The van der Waals surface area contributed by atoms with Crippen molar-refractivity contribution in [1.29, 1.82) is 0 Å². The molecule has 1 atom stereocenters. The molecule has 1 aliphatic heterocycles. The van der Waals surface area contributed by atoms with Crippen LogP contribution >= 0.6 is 11.6 Å². The van der Waals surface area contributed by atoms with Crippen LogP contribution in [0.25, 0.3) is 4.91 Å². The second kappa shape index (κ2) is 6.56. The molecular weight excluding hydrogens is 368 g/mol. The number of rotatable bonds is 2. The molecule has 0 saturated heterocycles. The van der Waals surface area contributed by atoms with Crippen LogP contribution < -0.4 is 4.72 Å². The molecule has 2 aliphatic rings.